The molecule has 0 rings (SSSR count). The van der Waals surface area contributed by atoms with Crippen LogP contribution in [0, 0.1) is 11.8 Å². The molecule has 0 aliphatic carbocycles. The number of hydrogen-bond donors (Lipinski definition) is 0. The van der Waals surface area contributed by atoms with Crippen molar-refractivity contribution in [1.29, 1.82) is 0 Å². The summed E-state index contributed by atoms with van der Waals surface area (Å²) in [7, 11) is 0. The molecule has 0 aliphatic heterocycles. The highest BCUT2D eigenvalue weighted by atomic mass is 32.2. The molecule has 0 radical (unpaired) electrons. The molecular formula is C16H31NS. The summed E-state index contributed by atoms with van der Waals surface area (Å²) >= 11 is 1.77. The molecule has 0 amide bonds. The standard InChI is InChI=1S/C16H31NS/c1-7-14(4)10-8-9-11-17-16(6)18-12-15(5)13(2)3/h12-14H,7-11H2,1-6H3/b15-12+,17-16+. The van der Waals surface area contributed by atoms with Gasteiger partial charge in [-0.25, -0.2) is 0 Å². The lowest BCUT2D eigenvalue weighted by Crippen LogP contribution is -1.94. The van der Waals surface area contributed by atoms with Gasteiger partial charge in [0.25, 0.3) is 0 Å². The smallest absolute Gasteiger partial charge is 0.0686 e. The third kappa shape index (κ3) is 9.76. The summed E-state index contributed by atoms with van der Waals surface area (Å²) in [6, 6.07) is 0. The highest BCUT2D eigenvalue weighted by Gasteiger charge is 1.98. The van der Waals surface area contributed by atoms with E-state index in [4.69, 9.17) is 0 Å². The van der Waals surface area contributed by atoms with Gasteiger partial charge in [-0.2, -0.15) is 0 Å². The van der Waals surface area contributed by atoms with Crippen LogP contribution in [0.2, 0.25) is 0 Å². The number of allylic oxidation sites excluding steroid dienone is 1. The van der Waals surface area contributed by atoms with Gasteiger partial charge in [0.2, 0.25) is 0 Å². The third-order valence-corrected chi connectivity index (χ3v) is 4.42. The first-order valence-electron chi connectivity index (χ1n) is 7.31. The fraction of sp³-hybridized carbons (Fsp3) is 0.812. The molecule has 18 heavy (non-hydrogen) atoms. The van der Waals surface area contributed by atoms with Gasteiger partial charge in [-0.3, -0.25) is 4.99 Å². The molecule has 2 heteroatoms. The molecule has 0 N–H and O–H groups in total. The zero-order chi connectivity index (χ0) is 14.0. The molecule has 0 bridgehead atoms. The van der Waals surface area contributed by atoms with Gasteiger partial charge >= 0.3 is 0 Å². The summed E-state index contributed by atoms with van der Waals surface area (Å²) in [5, 5.41) is 3.43. The molecule has 0 fully saturated rings. The van der Waals surface area contributed by atoms with E-state index in [0.717, 1.165) is 12.5 Å². The maximum Gasteiger partial charge on any atom is 0.0686 e. The first-order valence-corrected chi connectivity index (χ1v) is 8.19. The maximum atomic E-state index is 4.61. The van der Waals surface area contributed by atoms with Crippen LogP contribution in [0.1, 0.15) is 67.2 Å². The van der Waals surface area contributed by atoms with E-state index in [1.165, 1.54) is 36.3 Å². The summed E-state index contributed by atoms with van der Waals surface area (Å²) in [5.74, 6) is 1.52. The third-order valence-electron chi connectivity index (χ3n) is 3.46. The summed E-state index contributed by atoms with van der Waals surface area (Å²) in [6.45, 7) is 14.4. The lowest BCUT2D eigenvalue weighted by Gasteiger charge is -2.06. The van der Waals surface area contributed by atoms with E-state index in [0.29, 0.717) is 5.92 Å². The van der Waals surface area contributed by atoms with Crippen LogP contribution in [0.5, 0.6) is 0 Å². The van der Waals surface area contributed by atoms with E-state index in [9.17, 15) is 0 Å². The van der Waals surface area contributed by atoms with Crippen molar-refractivity contribution in [2.75, 3.05) is 6.54 Å². The quantitative estimate of drug-likeness (QED) is 0.303. The van der Waals surface area contributed by atoms with Gasteiger partial charge in [-0.1, -0.05) is 64.3 Å². The number of hydrogen-bond acceptors (Lipinski definition) is 2. The Balaban J connectivity index is 3.75. The Labute approximate surface area is 119 Å². The zero-order valence-electron chi connectivity index (χ0n) is 13.1. The summed E-state index contributed by atoms with van der Waals surface area (Å²) in [6.07, 6.45) is 5.20. The van der Waals surface area contributed by atoms with Crippen molar-refractivity contribution in [2.45, 2.75) is 67.2 Å². The van der Waals surface area contributed by atoms with Crippen LogP contribution in [0.4, 0.5) is 0 Å². The number of rotatable bonds is 8. The van der Waals surface area contributed by atoms with Crippen molar-refractivity contribution in [3.8, 4) is 0 Å². The lowest BCUT2D eigenvalue weighted by atomic mass is 10.0. The van der Waals surface area contributed by atoms with Crippen molar-refractivity contribution in [1.82, 2.24) is 0 Å². The van der Waals surface area contributed by atoms with E-state index in [1.807, 2.05) is 0 Å². The van der Waals surface area contributed by atoms with Gasteiger partial charge in [0.1, 0.15) is 0 Å². The predicted octanol–water partition coefficient (Wildman–Crippen LogP) is 5.91. The van der Waals surface area contributed by atoms with E-state index < -0.39 is 0 Å². The van der Waals surface area contributed by atoms with Crippen LogP contribution in [-0.2, 0) is 0 Å². The van der Waals surface area contributed by atoms with Crippen molar-refractivity contribution in [3.63, 3.8) is 0 Å². The molecule has 0 aliphatic rings. The molecule has 1 unspecified atom stereocenters. The topological polar surface area (TPSA) is 12.4 Å². The van der Waals surface area contributed by atoms with E-state index >= 15 is 0 Å². The highest BCUT2D eigenvalue weighted by molar-refractivity contribution is 8.16. The van der Waals surface area contributed by atoms with E-state index in [2.05, 4.69) is 51.9 Å². The molecule has 106 valence electrons. The molecule has 0 aromatic rings. The average Bonchev–Trinajstić information content (AvgIpc) is 2.34. The largest absolute Gasteiger partial charge is 0.283 e. The summed E-state index contributed by atoms with van der Waals surface area (Å²) in [5.41, 5.74) is 1.44. The van der Waals surface area contributed by atoms with Crippen LogP contribution in [0.15, 0.2) is 16.0 Å². The van der Waals surface area contributed by atoms with Crippen molar-refractivity contribution in [2.24, 2.45) is 16.8 Å². The summed E-state index contributed by atoms with van der Waals surface area (Å²) < 4.78 is 0. The summed E-state index contributed by atoms with van der Waals surface area (Å²) in [4.78, 5) is 4.61. The highest BCUT2D eigenvalue weighted by Crippen LogP contribution is 2.16. The van der Waals surface area contributed by atoms with Crippen LogP contribution in [0.3, 0.4) is 0 Å². The van der Waals surface area contributed by atoms with Crippen LogP contribution in [-0.4, -0.2) is 11.6 Å². The predicted molar refractivity (Wildman–Crippen MR) is 87.5 cm³/mol. The number of nitrogens with zero attached hydrogens (tertiary/aromatic N) is 1. The van der Waals surface area contributed by atoms with Crippen molar-refractivity contribution in [3.05, 3.63) is 11.0 Å². The molecule has 1 nitrogen and oxygen atoms in total. The van der Waals surface area contributed by atoms with Crippen LogP contribution in [0.25, 0.3) is 0 Å². The normalized spacial score (nSPS) is 15.3. The van der Waals surface area contributed by atoms with Gasteiger partial charge in [-0.15, -0.1) is 0 Å². The molecule has 0 saturated heterocycles. The zero-order valence-corrected chi connectivity index (χ0v) is 13.9. The number of aliphatic imine (C=N–C) groups is 1. The van der Waals surface area contributed by atoms with E-state index in [-0.39, 0.29) is 0 Å². The Bertz CT molecular complexity index is 266. The molecule has 1 atom stereocenters. The van der Waals surface area contributed by atoms with Crippen LogP contribution < -0.4 is 0 Å². The minimum Gasteiger partial charge on any atom is -0.283 e. The molecular weight excluding hydrogens is 238 g/mol. The van der Waals surface area contributed by atoms with Gasteiger partial charge < -0.3 is 0 Å². The SMILES string of the molecule is CCC(C)CCCC/N=C(\C)S/C=C(\C)C(C)C. The molecule has 0 heterocycles. The Morgan fingerprint density at radius 3 is 2.39 bits per heavy atom. The average molecular weight is 269 g/mol. The minimum absolute atomic E-state index is 0.640. The van der Waals surface area contributed by atoms with Crippen molar-refractivity contribution >= 4 is 16.8 Å². The number of thioether (sulfide) groups is 1. The molecule has 0 aromatic heterocycles. The van der Waals surface area contributed by atoms with Crippen molar-refractivity contribution < 1.29 is 0 Å². The molecule has 0 saturated carbocycles. The van der Waals surface area contributed by atoms with Gasteiger partial charge in [0.05, 0.1) is 5.04 Å². The molecule has 0 aromatic carbocycles. The second kappa shape index (κ2) is 10.7. The Kier molecular flexibility index (Phi) is 10.5. The number of unbranched alkanes of at least 4 members (excludes halogenated alkanes) is 1. The Morgan fingerprint density at radius 2 is 1.83 bits per heavy atom. The Hall–Kier alpha value is -0.240. The fourth-order valence-corrected chi connectivity index (χ4v) is 2.19. The fourth-order valence-electron chi connectivity index (χ4n) is 1.40. The Morgan fingerprint density at radius 1 is 1.17 bits per heavy atom. The first kappa shape index (κ1) is 17.8. The van der Waals surface area contributed by atoms with Gasteiger partial charge in [0, 0.05) is 6.54 Å². The lowest BCUT2D eigenvalue weighted by molar-refractivity contribution is 0.487. The minimum atomic E-state index is 0.640. The van der Waals surface area contributed by atoms with Gasteiger partial charge in [-0.05, 0) is 37.5 Å². The molecule has 0 spiro atoms. The van der Waals surface area contributed by atoms with E-state index in [1.54, 1.807) is 11.8 Å². The second-order valence-electron chi connectivity index (χ2n) is 5.54. The van der Waals surface area contributed by atoms with Gasteiger partial charge in [0.15, 0.2) is 0 Å². The first-order chi connectivity index (χ1) is 8.47. The monoisotopic (exact) mass is 269 g/mol. The van der Waals surface area contributed by atoms with Crippen LogP contribution >= 0.6 is 11.8 Å². The maximum absolute atomic E-state index is 4.61. The second-order valence-corrected chi connectivity index (χ2v) is 6.61.